The Hall–Kier alpha value is -1.55. The van der Waals surface area contributed by atoms with Gasteiger partial charge in [0.1, 0.15) is 17.7 Å². The van der Waals surface area contributed by atoms with Gasteiger partial charge < -0.3 is 14.6 Å². The van der Waals surface area contributed by atoms with Crippen molar-refractivity contribution in [2.45, 2.75) is 25.9 Å². The summed E-state index contributed by atoms with van der Waals surface area (Å²) in [5.74, 6) is 1.89. The van der Waals surface area contributed by atoms with Gasteiger partial charge in [0.15, 0.2) is 0 Å². The van der Waals surface area contributed by atoms with Crippen molar-refractivity contribution in [3.63, 3.8) is 0 Å². The van der Waals surface area contributed by atoms with Crippen molar-refractivity contribution in [1.29, 1.82) is 0 Å². The molecular formula is C14H19N3O. The number of H-pyrrole nitrogens is 1. The number of hydrogen-bond acceptors (Lipinski definition) is 3. The number of fused-ring (bicyclic) bond motifs is 1. The summed E-state index contributed by atoms with van der Waals surface area (Å²) in [6.07, 6.45) is 2.57. The SMILES string of the molecule is Cc1nc2ccc(OC3CCN(C)CC3)cc2[nH]1. The van der Waals surface area contributed by atoms with Crippen molar-refractivity contribution in [3.05, 3.63) is 24.0 Å². The van der Waals surface area contributed by atoms with Crippen LogP contribution in [0.5, 0.6) is 5.75 Å². The number of aromatic nitrogens is 2. The lowest BCUT2D eigenvalue weighted by Crippen LogP contribution is -2.35. The second kappa shape index (κ2) is 4.61. The average molecular weight is 245 g/mol. The van der Waals surface area contributed by atoms with Gasteiger partial charge in [-0.25, -0.2) is 4.98 Å². The van der Waals surface area contributed by atoms with Crippen LogP contribution in [0, 0.1) is 6.92 Å². The molecule has 3 rings (SSSR count). The smallest absolute Gasteiger partial charge is 0.121 e. The van der Waals surface area contributed by atoms with E-state index < -0.39 is 0 Å². The topological polar surface area (TPSA) is 41.1 Å². The van der Waals surface area contributed by atoms with Crippen LogP contribution in [0.1, 0.15) is 18.7 Å². The second-order valence-corrected chi connectivity index (χ2v) is 5.12. The zero-order valence-electron chi connectivity index (χ0n) is 10.9. The summed E-state index contributed by atoms with van der Waals surface area (Å²) in [6, 6.07) is 6.08. The number of benzene rings is 1. The quantitative estimate of drug-likeness (QED) is 0.883. The summed E-state index contributed by atoms with van der Waals surface area (Å²) in [7, 11) is 2.16. The highest BCUT2D eigenvalue weighted by Gasteiger charge is 2.18. The fourth-order valence-corrected chi connectivity index (χ4v) is 2.48. The van der Waals surface area contributed by atoms with E-state index in [1.807, 2.05) is 25.1 Å². The molecule has 0 unspecified atom stereocenters. The molecule has 0 saturated carbocycles. The van der Waals surface area contributed by atoms with Crippen molar-refractivity contribution in [3.8, 4) is 5.75 Å². The molecule has 0 bridgehead atoms. The zero-order valence-corrected chi connectivity index (χ0v) is 10.9. The molecular weight excluding hydrogens is 226 g/mol. The van der Waals surface area contributed by atoms with E-state index in [2.05, 4.69) is 21.9 Å². The third-order valence-corrected chi connectivity index (χ3v) is 3.54. The van der Waals surface area contributed by atoms with Gasteiger partial charge >= 0.3 is 0 Å². The second-order valence-electron chi connectivity index (χ2n) is 5.12. The number of ether oxygens (including phenoxy) is 1. The van der Waals surface area contributed by atoms with Crippen molar-refractivity contribution >= 4 is 11.0 Å². The molecule has 0 aliphatic carbocycles. The number of hydrogen-bond donors (Lipinski definition) is 1. The molecule has 0 spiro atoms. The van der Waals surface area contributed by atoms with Gasteiger partial charge in [-0.2, -0.15) is 0 Å². The number of rotatable bonds is 2. The fraction of sp³-hybridized carbons (Fsp3) is 0.500. The Kier molecular flexibility index (Phi) is 2.96. The highest BCUT2D eigenvalue weighted by atomic mass is 16.5. The van der Waals surface area contributed by atoms with Crippen LogP contribution >= 0.6 is 0 Å². The molecule has 4 heteroatoms. The van der Waals surface area contributed by atoms with E-state index in [9.17, 15) is 0 Å². The first-order valence-electron chi connectivity index (χ1n) is 6.52. The largest absolute Gasteiger partial charge is 0.490 e. The minimum atomic E-state index is 0.350. The van der Waals surface area contributed by atoms with Crippen LogP contribution in [0.25, 0.3) is 11.0 Å². The fourth-order valence-electron chi connectivity index (χ4n) is 2.48. The molecule has 0 amide bonds. The maximum Gasteiger partial charge on any atom is 0.121 e. The summed E-state index contributed by atoms with van der Waals surface area (Å²) in [5, 5.41) is 0. The average Bonchev–Trinajstić information content (AvgIpc) is 2.71. The van der Waals surface area contributed by atoms with Crippen molar-refractivity contribution in [2.24, 2.45) is 0 Å². The van der Waals surface area contributed by atoms with Crippen LogP contribution in [0.15, 0.2) is 18.2 Å². The monoisotopic (exact) mass is 245 g/mol. The highest BCUT2D eigenvalue weighted by Crippen LogP contribution is 2.22. The number of aromatic amines is 1. The summed E-state index contributed by atoms with van der Waals surface area (Å²) in [6.45, 7) is 4.21. The number of aryl methyl sites for hydroxylation is 1. The Morgan fingerprint density at radius 1 is 1.33 bits per heavy atom. The summed E-state index contributed by atoms with van der Waals surface area (Å²) >= 11 is 0. The molecule has 1 aromatic carbocycles. The Morgan fingerprint density at radius 3 is 2.89 bits per heavy atom. The minimum Gasteiger partial charge on any atom is -0.490 e. The summed E-state index contributed by atoms with van der Waals surface area (Å²) < 4.78 is 6.05. The van der Waals surface area contributed by atoms with Gasteiger partial charge in [-0.1, -0.05) is 0 Å². The van der Waals surface area contributed by atoms with E-state index in [4.69, 9.17) is 4.74 Å². The molecule has 2 aromatic rings. The molecule has 1 fully saturated rings. The van der Waals surface area contributed by atoms with E-state index in [0.29, 0.717) is 6.10 Å². The molecule has 1 aromatic heterocycles. The Labute approximate surface area is 107 Å². The maximum absolute atomic E-state index is 6.05. The standard InChI is InChI=1S/C14H19N3O/c1-10-15-13-4-3-12(9-14(13)16-10)18-11-5-7-17(2)8-6-11/h3-4,9,11H,5-8H2,1-2H3,(H,15,16). The van der Waals surface area contributed by atoms with E-state index in [0.717, 1.165) is 48.5 Å². The Morgan fingerprint density at radius 2 is 2.11 bits per heavy atom. The van der Waals surface area contributed by atoms with Gasteiger partial charge in [0.25, 0.3) is 0 Å². The molecule has 1 N–H and O–H groups in total. The van der Waals surface area contributed by atoms with Crippen molar-refractivity contribution < 1.29 is 4.74 Å². The molecule has 1 aliphatic heterocycles. The number of likely N-dealkylation sites (tertiary alicyclic amines) is 1. The van der Waals surface area contributed by atoms with E-state index in [-0.39, 0.29) is 0 Å². The third-order valence-electron chi connectivity index (χ3n) is 3.54. The lowest BCUT2D eigenvalue weighted by Gasteiger charge is -2.29. The predicted molar refractivity (Wildman–Crippen MR) is 72.0 cm³/mol. The van der Waals surface area contributed by atoms with Crippen LogP contribution < -0.4 is 4.74 Å². The molecule has 18 heavy (non-hydrogen) atoms. The van der Waals surface area contributed by atoms with Gasteiger partial charge in [-0.15, -0.1) is 0 Å². The van der Waals surface area contributed by atoms with Crippen molar-refractivity contribution in [2.75, 3.05) is 20.1 Å². The molecule has 0 radical (unpaired) electrons. The highest BCUT2D eigenvalue weighted by molar-refractivity contribution is 5.76. The van der Waals surface area contributed by atoms with Crippen LogP contribution in [0.4, 0.5) is 0 Å². The van der Waals surface area contributed by atoms with Crippen LogP contribution in [-0.2, 0) is 0 Å². The number of nitrogens with one attached hydrogen (secondary N) is 1. The van der Waals surface area contributed by atoms with Crippen LogP contribution in [0.2, 0.25) is 0 Å². The van der Waals surface area contributed by atoms with Crippen LogP contribution in [0.3, 0.4) is 0 Å². The van der Waals surface area contributed by atoms with Gasteiger partial charge in [0.2, 0.25) is 0 Å². The lowest BCUT2D eigenvalue weighted by molar-refractivity contribution is 0.114. The van der Waals surface area contributed by atoms with E-state index >= 15 is 0 Å². The van der Waals surface area contributed by atoms with Gasteiger partial charge in [-0.3, -0.25) is 0 Å². The van der Waals surface area contributed by atoms with Gasteiger partial charge in [0, 0.05) is 19.2 Å². The molecule has 0 atom stereocenters. The van der Waals surface area contributed by atoms with Gasteiger partial charge in [0.05, 0.1) is 11.0 Å². The lowest BCUT2D eigenvalue weighted by atomic mass is 10.1. The molecule has 1 aliphatic rings. The third kappa shape index (κ3) is 2.34. The maximum atomic E-state index is 6.05. The normalized spacial score (nSPS) is 18.3. The Bertz CT molecular complexity index is 541. The van der Waals surface area contributed by atoms with Crippen molar-refractivity contribution in [1.82, 2.24) is 14.9 Å². The van der Waals surface area contributed by atoms with E-state index in [1.54, 1.807) is 0 Å². The van der Waals surface area contributed by atoms with E-state index in [1.165, 1.54) is 0 Å². The predicted octanol–water partition coefficient (Wildman–Crippen LogP) is 2.34. The number of piperidine rings is 1. The zero-order chi connectivity index (χ0) is 12.5. The van der Waals surface area contributed by atoms with Gasteiger partial charge in [-0.05, 0) is 38.9 Å². The molecule has 2 heterocycles. The summed E-state index contributed by atoms with van der Waals surface area (Å²) in [4.78, 5) is 9.99. The molecule has 96 valence electrons. The summed E-state index contributed by atoms with van der Waals surface area (Å²) in [5.41, 5.74) is 2.06. The molecule has 4 nitrogen and oxygen atoms in total. The Balaban J connectivity index is 1.74. The first kappa shape index (κ1) is 11.5. The van der Waals surface area contributed by atoms with Crippen LogP contribution in [-0.4, -0.2) is 41.1 Å². The minimum absolute atomic E-state index is 0.350. The number of nitrogens with zero attached hydrogens (tertiary/aromatic N) is 2. The number of imidazole rings is 1. The molecule has 1 saturated heterocycles. The first-order chi connectivity index (χ1) is 8.70. The first-order valence-corrected chi connectivity index (χ1v) is 6.52.